The molecule has 0 N–H and O–H groups in total. The minimum atomic E-state index is -4.17. The summed E-state index contributed by atoms with van der Waals surface area (Å²) in [5, 5.41) is 0. The predicted molar refractivity (Wildman–Crippen MR) is 56.6 cm³/mol. The van der Waals surface area contributed by atoms with Gasteiger partial charge in [0.25, 0.3) is 0 Å². The van der Waals surface area contributed by atoms with Gasteiger partial charge in [0.15, 0.2) is 0 Å². The monoisotopic (exact) mass is 219 g/mol. The van der Waals surface area contributed by atoms with Crippen LogP contribution in [0.1, 0.15) is 15.2 Å². The highest BCUT2D eigenvalue weighted by atomic mass is 33.1. The topological polar surface area (TPSA) is 34.1 Å². The van der Waals surface area contributed by atoms with Gasteiger partial charge < -0.3 is 0 Å². The molecule has 0 amide bonds. The van der Waals surface area contributed by atoms with Crippen LogP contribution in [0.4, 0.5) is 0 Å². The summed E-state index contributed by atoms with van der Waals surface area (Å²) in [7, 11) is -3.77. The quantitative estimate of drug-likeness (QED) is 0.716. The van der Waals surface area contributed by atoms with Gasteiger partial charge in [0.05, 0.1) is 0 Å². The van der Waals surface area contributed by atoms with Crippen molar-refractivity contribution >= 4 is 19.7 Å². The lowest BCUT2D eigenvalue weighted by molar-refractivity contribution is 0.615. The summed E-state index contributed by atoms with van der Waals surface area (Å²) < 4.78 is 43.8. The zero-order valence-corrected chi connectivity index (χ0v) is 9.00. The third-order valence-corrected chi connectivity index (χ3v) is 3.58. The molecule has 1 rings (SSSR count). The van der Waals surface area contributed by atoms with Crippen LogP contribution in [0, 0.1) is 13.8 Å². The second-order valence-corrected chi connectivity index (χ2v) is 6.14. The van der Waals surface area contributed by atoms with Gasteiger partial charge in [0.2, 0.25) is 8.87 Å². The SMILES string of the molecule is [2H]C([2H])([2H])S(=O)(=O)Sc1cc(C)ccc1C. The molecule has 0 aliphatic heterocycles. The molecule has 0 aliphatic carbocycles. The Morgan fingerprint density at radius 2 is 2.08 bits per heavy atom. The summed E-state index contributed by atoms with van der Waals surface area (Å²) in [6.45, 7) is 3.57. The molecule has 0 aromatic heterocycles. The maximum atomic E-state index is 11.5. The van der Waals surface area contributed by atoms with Gasteiger partial charge >= 0.3 is 0 Å². The Morgan fingerprint density at radius 1 is 1.38 bits per heavy atom. The van der Waals surface area contributed by atoms with Gasteiger partial charge in [-0.1, -0.05) is 12.1 Å². The van der Waals surface area contributed by atoms with E-state index in [2.05, 4.69) is 0 Å². The Kier molecular flexibility index (Phi) is 1.97. The molecule has 0 saturated carbocycles. The molecule has 0 heterocycles. The molecule has 1 aromatic rings. The summed E-state index contributed by atoms with van der Waals surface area (Å²) in [6.07, 6.45) is -2.98. The third kappa shape index (κ3) is 3.40. The Balaban J connectivity index is 3.11. The molecule has 13 heavy (non-hydrogen) atoms. The van der Waals surface area contributed by atoms with Gasteiger partial charge in [-0.05, 0) is 31.0 Å². The van der Waals surface area contributed by atoms with Crippen molar-refractivity contribution < 1.29 is 12.5 Å². The second kappa shape index (κ2) is 3.72. The molecule has 0 aliphatic rings. The van der Waals surface area contributed by atoms with Crippen LogP contribution >= 0.6 is 10.8 Å². The van der Waals surface area contributed by atoms with Crippen molar-refractivity contribution in [2.24, 2.45) is 0 Å². The summed E-state index contributed by atoms with van der Waals surface area (Å²) in [6, 6.07) is 5.29. The molecule has 2 nitrogen and oxygen atoms in total. The zero-order valence-electron chi connectivity index (χ0n) is 10.4. The van der Waals surface area contributed by atoms with Crippen LogP contribution in [0.2, 0.25) is 0 Å². The minimum absolute atomic E-state index is 0.403. The molecule has 0 unspecified atom stereocenters. The highest BCUT2D eigenvalue weighted by Gasteiger charge is 2.07. The maximum absolute atomic E-state index is 11.5. The van der Waals surface area contributed by atoms with Crippen LogP contribution in [-0.4, -0.2) is 14.6 Å². The first-order valence-electron chi connectivity index (χ1n) is 5.15. The Labute approximate surface area is 86.9 Å². The van der Waals surface area contributed by atoms with Crippen molar-refractivity contribution in [2.75, 3.05) is 6.18 Å². The van der Waals surface area contributed by atoms with E-state index in [0.29, 0.717) is 15.7 Å². The number of rotatable bonds is 2. The van der Waals surface area contributed by atoms with Crippen molar-refractivity contribution in [3.05, 3.63) is 29.3 Å². The summed E-state index contributed by atoms with van der Waals surface area (Å²) in [4.78, 5) is 0.469. The smallest absolute Gasteiger partial charge is 0.203 e. The molecule has 0 bridgehead atoms. The van der Waals surface area contributed by atoms with E-state index >= 15 is 0 Å². The fourth-order valence-corrected chi connectivity index (χ4v) is 2.83. The average Bonchev–Trinajstić information content (AvgIpc) is 2.09. The summed E-state index contributed by atoms with van der Waals surface area (Å²) in [5.41, 5.74) is 1.65. The summed E-state index contributed by atoms with van der Waals surface area (Å²) in [5.74, 6) is 0. The first-order valence-corrected chi connectivity index (χ1v) is 6.46. The second-order valence-electron chi connectivity index (χ2n) is 2.81. The molecule has 1 aromatic carbocycles. The van der Waals surface area contributed by atoms with E-state index in [1.807, 2.05) is 13.0 Å². The first kappa shape index (κ1) is 6.90. The largest absolute Gasteiger partial charge is 0.217 e. The normalized spacial score (nSPS) is 16.0. The van der Waals surface area contributed by atoms with Crippen LogP contribution in [0.25, 0.3) is 0 Å². The van der Waals surface area contributed by atoms with Gasteiger partial charge in [-0.3, -0.25) is 0 Å². The molecule has 72 valence electrons. The number of benzene rings is 1. The highest BCUT2D eigenvalue weighted by molar-refractivity contribution is 8.71. The Morgan fingerprint density at radius 3 is 2.69 bits per heavy atom. The number of hydrogen-bond donors (Lipinski definition) is 0. The van der Waals surface area contributed by atoms with Crippen LogP contribution < -0.4 is 0 Å². The van der Waals surface area contributed by atoms with Gasteiger partial charge in [-0.2, -0.15) is 0 Å². The fourth-order valence-electron chi connectivity index (χ4n) is 0.915. The van der Waals surface area contributed by atoms with E-state index < -0.39 is 15.1 Å². The molecular formula is C9H12O2S2. The average molecular weight is 219 g/mol. The minimum Gasteiger partial charge on any atom is -0.217 e. The first-order chi connectivity index (χ1) is 7.13. The van der Waals surface area contributed by atoms with Crippen molar-refractivity contribution in [1.29, 1.82) is 0 Å². The van der Waals surface area contributed by atoms with Crippen molar-refractivity contribution in [2.45, 2.75) is 18.7 Å². The van der Waals surface area contributed by atoms with Crippen LogP contribution in [-0.2, 0) is 8.87 Å². The molecule has 0 spiro atoms. The lowest BCUT2D eigenvalue weighted by Crippen LogP contribution is -1.90. The van der Waals surface area contributed by atoms with Gasteiger partial charge in [0.1, 0.15) is 0 Å². The zero-order chi connectivity index (χ0) is 12.6. The van der Waals surface area contributed by atoms with E-state index in [-0.39, 0.29) is 0 Å². The Hall–Kier alpha value is -0.480. The van der Waals surface area contributed by atoms with Crippen LogP contribution in [0.5, 0.6) is 0 Å². The van der Waals surface area contributed by atoms with E-state index in [4.69, 9.17) is 4.11 Å². The highest BCUT2D eigenvalue weighted by Crippen LogP contribution is 2.27. The maximum Gasteiger partial charge on any atom is 0.203 e. The van der Waals surface area contributed by atoms with Crippen molar-refractivity contribution in [3.63, 3.8) is 0 Å². The van der Waals surface area contributed by atoms with Crippen molar-refractivity contribution in [3.8, 4) is 0 Å². The van der Waals surface area contributed by atoms with Crippen LogP contribution in [0.3, 0.4) is 0 Å². The standard InChI is InChI=1S/C9H12O2S2/c1-7-4-5-8(2)9(6-7)12-13(3,10)11/h4-6H,1-3H3/i3D3. The van der Waals surface area contributed by atoms with Crippen LogP contribution in [0.15, 0.2) is 23.1 Å². The molecule has 4 heteroatoms. The van der Waals surface area contributed by atoms with Gasteiger partial charge in [0, 0.05) is 26.0 Å². The lowest BCUT2D eigenvalue weighted by atomic mass is 10.2. The van der Waals surface area contributed by atoms with Gasteiger partial charge in [-0.25, -0.2) is 8.42 Å². The molecule has 0 radical (unpaired) electrons. The van der Waals surface area contributed by atoms with Crippen molar-refractivity contribution in [1.82, 2.24) is 0 Å². The third-order valence-electron chi connectivity index (χ3n) is 1.54. The van der Waals surface area contributed by atoms with E-state index in [1.165, 1.54) is 0 Å². The summed E-state index contributed by atoms with van der Waals surface area (Å²) >= 11 is 0. The molecule has 0 saturated heterocycles. The molecule has 0 fully saturated rings. The van der Waals surface area contributed by atoms with E-state index in [9.17, 15) is 8.42 Å². The number of hydrogen-bond acceptors (Lipinski definition) is 3. The predicted octanol–water partition coefficient (Wildman–Crippen LogP) is 2.36. The lowest BCUT2D eigenvalue weighted by Gasteiger charge is -2.03. The van der Waals surface area contributed by atoms with Gasteiger partial charge in [-0.15, -0.1) is 0 Å². The Bertz CT molecular complexity index is 492. The van der Waals surface area contributed by atoms with E-state index in [0.717, 1.165) is 11.1 Å². The molecule has 0 atom stereocenters. The fraction of sp³-hybridized carbons (Fsp3) is 0.333. The molecular weight excluding hydrogens is 204 g/mol. The number of aryl methyl sites for hydroxylation is 2. The van der Waals surface area contributed by atoms with E-state index in [1.54, 1.807) is 19.1 Å².